The molecule has 0 aliphatic rings. The van der Waals surface area contributed by atoms with Crippen LogP contribution in [-0.4, -0.2) is 12.3 Å². The van der Waals surface area contributed by atoms with E-state index in [9.17, 15) is 4.39 Å². The van der Waals surface area contributed by atoms with Crippen molar-refractivity contribution in [1.29, 1.82) is 0 Å². The van der Waals surface area contributed by atoms with Crippen molar-refractivity contribution in [3.05, 3.63) is 35.6 Å². The van der Waals surface area contributed by atoms with Crippen LogP contribution in [0.1, 0.15) is 31.1 Å². The number of hydrogen-bond donors (Lipinski definition) is 1. The molecule has 3 heteroatoms. The van der Waals surface area contributed by atoms with Crippen LogP contribution < -0.4 is 5.73 Å². The highest BCUT2D eigenvalue weighted by Gasteiger charge is 2.10. The zero-order valence-corrected chi connectivity index (χ0v) is 10.8. The third kappa shape index (κ3) is 4.54. The molecule has 90 valence electrons. The lowest BCUT2D eigenvalue weighted by atomic mass is 10.1. The molecule has 1 nitrogen and oxygen atoms in total. The fourth-order valence-electron chi connectivity index (χ4n) is 1.45. The van der Waals surface area contributed by atoms with Gasteiger partial charge in [-0.25, -0.2) is 4.39 Å². The molecule has 0 aliphatic carbocycles. The Morgan fingerprint density at radius 3 is 2.69 bits per heavy atom. The second-order valence-corrected chi connectivity index (χ2v) is 5.64. The van der Waals surface area contributed by atoms with Gasteiger partial charge in [0.15, 0.2) is 0 Å². The summed E-state index contributed by atoms with van der Waals surface area (Å²) in [7, 11) is 0. The fourth-order valence-corrected chi connectivity index (χ4v) is 2.82. The molecule has 1 aromatic carbocycles. The lowest BCUT2D eigenvalue weighted by Crippen LogP contribution is -2.10. The molecule has 0 radical (unpaired) electrons. The highest BCUT2D eigenvalue weighted by Crippen LogP contribution is 2.29. The van der Waals surface area contributed by atoms with Crippen LogP contribution in [0.5, 0.6) is 0 Å². The number of halogens is 1. The van der Waals surface area contributed by atoms with Crippen molar-refractivity contribution >= 4 is 11.8 Å². The number of nitrogens with two attached hydrogens (primary N) is 1. The van der Waals surface area contributed by atoms with Crippen LogP contribution in [0.4, 0.5) is 4.39 Å². The number of thioether (sulfide) groups is 1. The third-order valence-corrected chi connectivity index (χ3v) is 3.79. The third-order valence-electron chi connectivity index (χ3n) is 2.45. The monoisotopic (exact) mass is 241 g/mol. The topological polar surface area (TPSA) is 26.0 Å². The van der Waals surface area contributed by atoms with Crippen LogP contribution in [0.25, 0.3) is 0 Å². The summed E-state index contributed by atoms with van der Waals surface area (Å²) in [6.07, 6.45) is 1.18. The minimum absolute atomic E-state index is 0.180. The smallest absolute Gasteiger partial charge is 0.123 e. The van der Waals surface area contributed by atoms with Gasteiger partial charge in [-0.05, 0) is 35.8 Å². The van der Waals surface area contributed by atoms with E-state index in [0.29, 0.717) is 12.5 Å². The van der Waals surface area contributed by atoms with E-state index < -0.39 is 0 Å². The molecular weight excluding hydrogens is 221 g/mol. The Bertz CT molecular complexity index is 315. The second-order valence-electron chi connectivity index (χ2n) is 4.33. The van der Waals surface area contributed by atoms with E-state index in [1.54, 1.807) is 12.1 Å². The van der Waals surface area contributed by atoms with Gasteiger partial charge in [-0.15, -0.1) is 0 Å². The molecule has 0 aromatic heterocycles. The van der Waals surface area contributed by atoms with Gasteiger partial charge in [0.2, 0.25) is 0 Å². The van der Waals surface area contributed by atoms with Crippen LogP contribution >= 0.6 is 11.8 Å². The average molecular weight is 241 g/mol. The summed E-state index contributed by atoms with van der Waals surface area (Å²) in [6.45, 7) is 4.98. The summed E-state index contributed by atoms with van der Waals surface area (Å²) >= 11 is 1.82. The van der Waals surface area contributed by atoms with Crippen molar-refractivity contribution in [2.75, 3.05) is 12.3 Å². The van der Waals surface area contributed by atoms with Crippen LogP contribution in [-0.2, 0) is 0 Å². The largest absolute Gasteiger partial charge is 0.329 e. The van der Waals surface area contributed by atoms with Crippen molar-refractivity contribution in [1.82, 2.24) is 0 Å². The number of hydrogen-bond acceptors (Lipinski definition) is 2. The summed E-state index contributed by atoms with van der Waals surface area (Å²) < 4.78 is 13.1. The molecule has 0 amide bonds. The van der Waals surface area contributed by atoms with Crippen LogP contribution in [0.3, 0.4) is 0 Å². The first-order chi connectivity index (χ1) is 7.63. The Hall–Kier alpha value is -0.540. The lowest BCUT2D eigenvalue weighted by Gasteiger charge is -2.15. The van der Waals surface area contributed by atoms with E-state index in [-0.39, 0.29) is 11.1 Å². The first-order valence-electron chi connectivity index (χ1n) is 5.70. The Morgan fingerprint density at radius 2 is 2.12 bits per heavy atom. The van der Waals surface area contributed by atoms with Gasteiger partial charge in [-0.2, -0.15) is 11.8 Å². The quantitative estimate of drug-likeness (QED) is 0.823. The molecule has 1 unspecified atom stereocenters. The van der Waals surface area contributed by atoms with Crippen LogP contribution in [0, 0.1) is 11.7 Å². The normalized spacial score (nSPS) is 13.1. The predicted octanol–water partition coefficient (Wildman–Crippen LogP) is 3.60. The zero-order valence-electron chi connectivity index (χ0n) is 9.95. The Labute approximate surface area is 102 Å². The standard InChI is InChI=1S/C13H20FNS/c1-10(2)6-7-16-13(9-15)11-4-3-5-12(14)8-11/h3-5,8,10,13H,6-7,9,15H2,1-2H3. The van der Waals surface area contributed by atoms with Gasteiger partial charge in [-0.3, -0.25) is 0 Å². The van der Waals surface area contributed by atoms with Crippen molar-refractivity contribution < 1.29 is 4.39 Å². The van der Waals surface area contributed by atoms with Gasteiger partial charge in [0.1, 0.15) is 5.82 Å². The van der Waals surface area contributed by atoms with Crippen molar-refractivity contribution in [2.24, 2.45) is 11.7 Å². The maximum Gasteiger partial charge on any atom is 0.123 e. The fraction of sp³-hybridized carbons (Fsp3) is 0.538. The van der Waals surface area contributed by atoms with Crippen LogP contribution in [0.15, 0.2) is 24.3 Å². The molecule has 0 spiro atoms. The molecule has 0 heterocycles. The first kappa shape index (κ1) is 13.5. The Kier molecular flexibility index (Phi) is 5.85. The van der Waals surface area contributed by atoms with Gasteiger partial charge < -0.3 is 5.73 Å². The summed E-state index contributed by atoms with van der Waals surface area (Å²) in [4.78, 5) is 0. The molecule has 0 fully saturated rings. The molecule has 16 heavy (non-hydrogen) atoms. The summed E-state index contributed by atoms with van der Waals surface area (Å²) in [6, 6.07) is 6.75. The molecular formula is C13H20FNS. The zero-order chi connectivity index (χ0) is 12.0. The van der Waals surface area contributed by atoms with Gasteiger partial charge in [0.25, 0.3) is 0 Å². The molecule has 0 saturated heterocycles. The number of rotatable bonds is 6. The van der Waals surface area contributed by atoms with Gasteiger partial charge >= 0.3 is 0 Å². The van der Waals surface area contributed by atoms with Crippen molar-refractivity contribution in [3.63, 3.8) is 0 Å². The van der Waals surface area contributed by atoms with E-state index in [1.807, 2.05) is 17.8 Å². The molecule has 2 N–H and O–H groups in total. The Morgan fingerprint density at radius 1 is 1.38 bits per heavy atom. The maximum absolute atomic E-state index is 13.1. The molecule has 0 aliphatic heterocycles. The highest BCUT2D eigenvalue weighted by molar-refractivity contribution is 7.99. The number of benzene rings is 1. The average Bonchev–Trinajstić information content (AvgIpc) is 2.24. The van der Waals surface area contributed by atoms with E-state index in [4.69, 9.17) is 5.73 Å². The summed E-state index contributed by atoms with van der Waals surface area (Å²) in [5, 5.41) is 0.217. The maximum atomic E-state index is 13.1. The van der Waals surface area contributed by atoms with Gasteiger partial charge in [0.05, 0.1) is 0 Å². The van der Waals surface area contributed by atoms with Crippen LogP contribution in [0.2, 0.25) is 0 Å². The predicted molar refractivity (Wildman–Crippen MR) is 70.1 cm³/mol. The summed E-state index contributed by atoms with van der Waals surface area (Å²) in [5.74, 6) is 1.61. The van der Waals surface area contributed by atoms with E-state index in [2.05, 4.69) is 13.8 Å². The first-order valence-corrected chi connectivity index (χ1v) is 6.75. The van der Waals surface area contributed by atoms with E-state index in [1.165, 1.54) is 12.5 Å². The van der Waals surface area contributed by atoms with Gasteiger partial charge in [0, 0.05) is 11.8 Å². The second kappa shape index (κ2) is 6.92. The van der Waals surface area contributed by atoms with E-state index >= 15 is 0 Å². The molecule has 1 atom stereocenters. The highest BCUT2D eigenvalue weighted by atomic mass is 32.2. The minimum Gasteiger partial charge on any atom is -0.329 e. The molecule has 1 rings (SSSR count). The van der Waals surface area contributed by atoms with Crippen molar-refractivity contribution in [2.45, 2.75) is 25.5 Å². The molecule has 0 saturated carbocycles. The van der Waals surface area contributed by atoms with E-state index in [0.717, 1.165) is 11.3 Å². The molecule has 0 bridgehead atoms. The SMILES string of the molecule is CC(C)CCSC(CN)c1cccc(F)c1. The minimum atomic E-state index is -0.180. The molecule has 1 aromatic rings. The Balaban J connectivity index is 2.53. The van der Waals surface area contributed by atoms with Crippen molar-refractivity contribution in [3.8, 4) is 0 Å². The lowest BCUT2D eigenvalue weighted by molar-refractivity contribution is 0.624. The van der Waals surface area contributed by atoms with Gasteiger partial charge in [-0.1, -0.05) is 26.0 Å². The summed E-state index contributed by atoms with van der Waals surface area (Å²) in [5.41, 5.74) is 6.72.